The molecule has 0 saturated heterocycles. The van der Waals surface area contributed by atoms with E-state index in [0.717, 1.165) is 39.1 Å². The van der Waals surface area contributed by atoms with Gasteiger partial charge in [0.25, 0.3) is 11.8 Å². The minimum absolute atomic E-state index is 0.0817. The van der Waals surface area contributed by atoms with Gasteiger partial charge in [-0.25, -0.2) is 13.8 Å². The first kappa shape index (κ1) is 25.9. The van der Waals surface area contributed by atoms with Crippen molar-refractivity contribution in [3.05, 3.63) is 82.4 Å². The number of halogens is 2. The quantitative estimate of drug-likeness (QED) is 0.280. The van der Waals surface area contributed by atoms with E-state index in [1.807, 2.05) is 32.0 Å². The van der Waals surface area contributed by atoms with Crippen molar-refractivity contribution in [3.63, 3.8) is 0 Å². The molecule has 0 aliphatic heterocycles. The number of nitrogens with zero attached hydrogens (tertiary/aromatic N) is 4. The first-order valence-corrected chi connectivity index (χ1v) is 12.1. The molecule has 2 aromatic carbocycles. The van der Waals surface area contributed by atoms with Gasteiger partial charge in [0.2, 0.25) is 0 Å². The number of aryl methyl sites for hydroxylation is 4. The lowest BCUT2D eigenvalue weighted by Gasteiger charge is -2.15. The molecule has 0 fully saturated rings. The summed E-state index contributed by atoms with van der Waals surface area (Å²) in [6, 6.07) is 11.3. The number of hydrogen-bond acceptors (Lipinski definition) is 5. The van der Waals surface area contributed by atoms with Crippen LogP contribution >= 0.6 is 0 Å². The third-order valence-electron chi connectivity index (χ3n) is 6.46. The van der Waals surface area contributed by atoms with E-state index in [-0.39, 0.29) is 29.2 Å². The van der Waals surface area contributed by atoms with Crippen molar-refractivity contribution in [1.29, 1.82) is 0 Å². The number of rotatable bonds is 7. The standard InChI is InChI=1S/C28H29F2N5O2/c1-6-19-11-12-20(13-23(19)24-16(3)15-31-34-17(24)4)26-32-18(5)25(35(26)37)27(36)33-22-10-8-9-21(14-22)28(29,30)7-2/h8-15,37H,6-7H2,1-5H3,(H,33,36). The van der Waals surface area contributed by atoms with Gasteiger partial charge in [-0.3, -0.25) is 4.79 Å². The van der Waals surface area contributed by atoms with Gasteiger partial charge < -0.3 is 10.5 Å². The van der Waals surface area contributed by atoms with Crippen LogP contribution in [0, 0.1) is 20.8 Å². The average molecular weight is 506 g/mol. The van der Waals surface area contributed by atoms with Gasteiger partial charge in [0.1, 0.15) is 0 Å². The van der Waals surface area contributed by atoms with Crippen molar-refractivity contribution < 1.29 is 18.8 Å². The largest absolute Gasteiger partial charge is 0.426 e. The Morgan fingerprint density at radius 1 is 1.08 bits per heavy atom. The molecule has 2 heterocycles. The zero-order valence-corrected chi connectivity index (χ0v) is 21.4. The molecule has 0 saturated carbocycles. The van der Waals surface area contributed by atoms with E-state index in [2.05, 4.69) is 27.4 Å². The van der Waals surface area contributed by atoms with Crippen LogP contribution in [0.3, 0.4) is 0 Å². The molecule has 4 aromatic rings. The van der Waals surface area contributed by atoms with Crippen LogP contribution in [-0.4, -0.2) is 31.0 Å². The summed E-state index contributed by atoms with van der Waals surface area (Å²) in [5, 5.41) is 21.8. The molecule has 1 amide bonds. The number of nitrogens with one attached hydrogen (secondary N) is 1. The molecule has 0 unspecified atom stereocenters. The number of imidazole rings is 1. The topological polar surface area (TPSA) is 92.9 Å². The number of aromatic nitrogens is 4. The summed E-state index contributed by atoms with van der Waals surface area (Å²) in [5.41, 5.74) is 5.59. The molecule has 192 valence electrons. The van der Waals surface area contributed by atoms with Crippen molar-refractivity contribution in [3.8, 4) is 22.5 Å². The Morgan fingerprint density at radius 3 is 2.51 bits per heavy atom. The first-order valence-electron chi connectivity index (χ1n) is 12.1. The van der Waals surface area contributed by atoms with Crippen molar-refractivity contribution >= 4 is 11.6 Å². The zero-order chi connectivity index (χ0) is 26.9. The second-order valence-corrected chi connectivity index (χ2v) is 8.99. The van der Waals surface area contributed by atoms with E-state index in [9.17, 15) is 18.8 Å². The molecule has 2 aromatic heterocycles. The van der Waals surface area contributed by atoms with Gasteiger partial charge in [-0.05, 0) is 62.1 Å². The van der Waals surface area contributed by atoms with Crippen molar-refractivity contribution in [2.45, 2.75) is 53.4 Å². The van der Waals surface area contributed by atoms with Crippen LogP contribution in [0.15, 0.2) is 48.7 Å². The summed E-state index contributed by atoms with van der Waals surface area (Å²) in [4.78, 5) is 17.5. The van der Waals surface area contributed by atoms with Crippen molar-refractivity contribution in [2.24, 2.45) is 0 Å². The Balaban J connectivity index is 1.72. The van der Waals surface area contributed by atoms with Crippen molar-refractivity contribution in [2.75, 3.05) is 5.32 Å². The minimum atomic E-state index is -3.01. The number of alkyl halides is 2. The second kappa shape index (κ2) is 10.1. The van der Waals surface area contributed by atoms with E-state index >= 15 is 0 Å². The maximum absolute atomic E-state index is 14.1. The Morgan fingerprint density at radius 2 is 1.84 bits per heavy atom. The van der Waals surface area contributed by atoms with E-state index < -0.39 is 11.8 Å². The summed E-state index contributed by atoms with van der Waals surface area (Å²) < 4.78 is 29.0. The van der Waals surface area contributed by atoms with Crippen LogP contribution < -0.4 is 5.32 Å². The molecule has 0 radical (unpaired) electrons. The van der Waals surface area contributed by atoms with Crippen molar-refractivity contribution in [1.82, 2.24) is 19.9 Å². The fraction of sp³-hybridized carbons (Fsp3) is 0.286. The van der Waals surface area contributed by atoms with Crippen LogP contribution in [0.5, 0.6) is 0 Å². The summed E-state index contributed by atoms with van der Waals surface area (Å²) in [7, 11) is 0. The number of carbonyl (C=O) groups is 1. The highest BCUT2D eigenvalue weighted by Gasteiger charge is 2.29. The zero-order valence-electron chi connectivity index (χ0n) is 21.4. The van der Waals surface area contributed by atoms with Crippen LogP contribution in [-0.2, 0) is 12.3 Å². The van der Waals surface area contributed by atoms with Crippen LogP contribution in [0.25, 0.3) is 22.5 Å². The SMILES string of the molecule is CCc1ccc(-c2nc(C)c(C(=O)Nc3cccc(C(F)(F)CC)c3)n2O)cc1-c1c(C)cnnc1C. The highest BCUT2D eigenvalue weighted by atomic mass is 19.3. The molecule has 0 aliphatic rings. The number of anilines is 1. The number of carbonyl (C=O) groups excluding carboxylic acids is 1. The Kier molecular flexibility index (Phi) is 7.07. The highest BCUT2D eigenvalue weighted by Crippen LogP contribution is 2.34. The molecule has 2 N–H and O–H groups in total. The van der Waals surface area contributed by atoms with Gasteiger partial charge >= 0.3 is 0 Å². The van der Waals surface area contributed by atoms with E-state index in [1.165, 1.54) is 31.2 Å². The number of amides is 1. The van der Waals surface area contributed by atoms with Crippen LogP contribution in [0.4, 0.5) is 14.5 Å². The minimum Gasteiger partial charge on any atom is -0.426 e. The fourth-order valence-electron chi connectivity index (χ4n) is 4.45. The normalized spacial score (nSPS) is 11.5. The summed E-state index contributed by atoms with van der Waals surface area (Å²) in [5.74, 6) is -3.48. The molecule has 0 aliphatic carbocycles. The molecule has 4 rings (SSSR count). The monoisotopic (exact) mass is 505 g/mol. The van der Waals surface area contributed by atoms with Crippen LogP contribution in [0.1, 0.15) is 58.8 Å². The predicted molar refractivity (Wildman–Crippen MR) is 138 cm³/mol. The molecule has 0 atom stereocenters. The van der Waals surface area contributed by atoms with Gasteiger partial charge in [0.05, 0.1) is 17.6 Å². The van der Waals surface area contributed by atoms with Gasteiger partial charge in [0.15, 0.2) is 11.5 Å². The molecular formula is C28H29F2N5O2. The van der Waals surface area contributed by atoms with Gasteiger partial charge in [-0.2, -0.15) is 14.9 Å². The fourth-order valence-corrected chi connectivity index (χ4v) is 4.45. The first-order chi connectivity index (χ1) is 17.6. The summed E-state index contributed by atoms with van der Waals surface area (Å²) in [6.45, 7) is 8.92. The lowest BCUT2D eigenvalue weighted by atomic mass is 9.92. The predicted octanol–water partition coefficient (Wildman–Crippen LogP) is 6.49. The maximum Gasteiger partial charge on any atom is 0.277 e. The Hall–Kier alpha value is -4.14. The molecular weight excluding hydrogens is 476 g/mol. The van der Waals surface area contributed by atoms with Gasteiger partial charge in [-0.15, -0.1) is 0 Å². The maximum atomic E-state index is 14.1. The number of hydrogen-bond donors (Lipinski definition) is 2. The van der Waals surface area contributed by atoms with Crippen LogP contribution in [0.2, 0.25) is 0 Å². The van der Waals surface area contributed by atoms with E-state index in [1.54, 1.807) is 13.1 Å². The molecule has 0 spiro atoms. The van der Waals surface area contributed by atoms with Gasteiger partial charge in [-0.1, -0.05) is 38.1 Å². The smallest absolute Gasteiger partial charge is 0.277 e. The lowest BCUT2D eigenvalue weighted by Crippen LogP contribution is -2.18. The Labute approximate surface area is 214 Å². The number of benzene rings is 2. The molecule has 7 nitrogen and oxygen atoms in total. The molecule has 37 heavy (non-hydrogen) atoms. The summed E-state index contributed by atoms with van der Waals surface area (Å²) in [6.07, 6.45) is 2.14. The average Bonchev–Trinajstić information content (AvgIpc) is 3.17. The Bertz CT molecular complexity index is 1460. The third-order valence-corrected chi connectivity index (χ3v) is 6.46. The summed E-state index contributed by atoms with van der Waals surface area (Å²) >= 11 is 0. The molecule has 0 bridgehead atoms. The lowest BCUT2D eigenvalue weighted by molar-refractivity contribution is -0.00824. The highest BCUT2D eigenvalue weighted by molar-refractivity contribution is 6.04. The third kappa shape index (κ3) is 4.94. The second-order valence-electron chi connectivity index (χ2n) is 8.99. The van der Waals surface area contributed by atoms with Gasteiger partial charge in [0, 0.05) is 28.8 Å². The van der Waals surface area contributed by atoms with E-state index in [4.69, 9.17) is 0 Å². The van der Waals surface area contributed by atoms with E-state index in [0.29, 0.717) is 11.3 Å². The molecule has 9 heteroatoms.